The molecular weight excluding hydrogens is 182 g/mol. The van der Waals surface area contributed by atoms with Crippen LogP contribution in [0.3, 0.4) is 0 Å². The number of carbonyl (C=O) groups is 1. The molecule has 4 nitrogen and oxygen atoms in total. The molecule has 1 aliphatic rings. The summed E-state index contributed by atoms with van der Waals surface area (Å²) in [4.78, 5) is 10.8. The first-order valence-electron chi connectivity index (χ1n) is 4.34. The summed E-state index contributed by atoms with van der Waals surface area (Å²) in [5.41, 5.74) is 1.70. The molecule has 0 saturated carbocycles. The van der Waals surface area contributed by atoms with Gasteiger partial charge in [-0.05, 0) is 18.6 Å². The Labute approximate surface area is 81.8 Å². The first-order valence-corrected chi connectivity index (χ1v) is 4.34. The molecular formula is C10H11NO3. The van der Waals surface area contributed by atoms with Crippen LogP contribution in [0.2, 0.25) is 0 Å². The minimum absolute atomic E-state index is 0.0942. The van der Waals surface area contributed by atoms with E-state index in [1.807, 2.05) is 13.0 Å². The van der Waals surface area contributed by atoms with Crippen molar-refractivity contribution < 1.29 is 14.3 Å². The molecule has 0 spiro atoms. The molecule has 2 rings (SSSR count). The highest BCUT2D eigenvalue weighted by Crippen LogP contribution is 2.37. The average Bonchev–Trinajstić information content (AvgIpc) is 2.50. The fraction of sp³-hybridized carbons (Fsp3) is 0.300. The van der Waals surface area contributed by atoms with Crippen molar-refractivity contribution in [2.45, 2.75) is 13.8 Å². The van der Waals surface area contributed by atoms with Gasteiger partial charge in [-0.2, -0.15) is 0 Å². The first-order chi connectivity index (χ1) is 6.66. The van der Waals surface area contributed by atoms with Crippen molar-refractivity contribution in [3.63, 3.8) is 0 Å². The Balaban J connectivity index is 2.36. The van der Waals surface area contributed by atoms with Crippen molar-refractivity contribution in [3.8, 4) is 11.5 Å². The second-order valence-corrected chi connectivity index (χ2v) is 3.21. The maximum Gasteiger partial charge on any atom is 0.231 e. The van der Waals surface area contributed by atoms with Crippen LogP contribution in [0.15, 0.2) is 12.1 Å². The molecule has 0 fully saturated rings. The molecule has 0 atom stereocenters. The number of amides is 1. The van der Waals surface area contributed by atoms with E-state index in [9.17, 15) is 4.79 Å². The van der Waals surface area contributed by atoms with E-state index in [4.69, 9.17) is 9.47 Å². The van der Waals surface area contributed by atoms with Crippen LogP contribution in [0.25, 0.3) is 0 Å². The van der Waals surface area contributed by atoms with Gasteiger partial charge in [-0.1, -0.05) is 0 Å². The highest BCUT2D eigenvalue weighted by atomic mass is 16.7. The van der Waals surface area contributed by atoms with Gasteiger partial charge in [0.1, 0.15) is 0 Å². The standard InChI is InChI=1S/C10H11NO3/c1-6-3-8(11-7(2)12)4-9-10(6)14-5-13-9/h3-4H,5H2,1-2H3,(H,11,12). The molecule has 74 valence electrons. The summed E-state index contributed by atoms with van der Waals surface area (Å²) in [6.07, 6.45) is 0. The van der Waals surface area contributed by atoms with E-state index in [2.05, 4.69) is 5.32 Å². The molecule has 14 heavy (non-hydrogen) atoms. The molecule has 4 heteroatoms. The molecule has 1 heterocycles. The summed E-state index contributed by atoms with van der Waals surface area (Å²) >= 11 is 0. The minimum Gasteiger partial charge on any atom is -0.454 e. The highest BCUT2D eigenvalue weighted by Gasteiger charge is 2.16. The van der Waals surface area contributed by atoms with Crippen molar-refractivity contribution in [1.82, 2.24) is 0 Å². The lowest BCUT2D eigenvalue weighted by molar-refractivity contribution is -0.114. The van der Waals surface area contributed by atoms with E-state index in [1.165, 1.54) is 6.92 Å². The van der Waals surface area contributed by atoms with Crippen molar-refractivity contribution in [2.24, 2.45) is 0 Å². The molecule has 0 unspecified atom stereocenters. The largest absolute Gasteiger partial charge is 0.454 e. The molecule has 1 aliphatic heterocycles. The molecule has 0 bridgehead atoms. The van der Waals surface area contributed by atoms with Gasteiger partial charge in [-0.3, -0.25) is 4.79 Å². The average molecular weight is 193 g/mol. The Morgan fingerprint density at radius 3 is 2.93 bits per heavy atom. The van der Waals surface area contributed by atoms with E-state index in [1.54, 1.807) is 6.07 Å². The van der Waals surface area contributed by atoms with Gasteiger partial charge >= 0.3 is 0 Å². The zero-order valence-electron chi connectivity index (χ0n) is 8.09. The van der Waals surface area contributed by atoms with Gasteiger partial charge in [-0.15, -0.1) is 0 Å². The summed E-state index contributed by atoms with van der Waals surface area (Å²) in [6, 6.07) is 3.62. The van der Waals surface area contributed by atoms with Crippen molar-refractivity contribution in [1.29, 1.82) is 0 Å². The smallest absolute Gasteiger partial charge is 0.231 e. The van der Waals surface area contributed by atoms with Crippen molar-refractivity contribution in [2.75, 3.05) is 12.1 Å². The summed E-state index contributed by atoms with van der Waals surface area (Å²) < 4.78 is 10.5. The lowest BCUT2D eigenvalue weighted by Gasteiger charge is -2.05. The van der Waals surface area contributed by atoms with Gasteiger partial charge in [0, 0.05) is 18.7 Å². The molecule has 1 aromatic rings. The molecule has 0 aliphatic carbocycles. The fourth-order valence-corrected chi connectivity index (χ4v) is 1.46. The Bertz CT molecular complexity index is 387. The highest BCUT2D eigenvalue weighted by molar-refractivity contribution is 5.89. The predicted molar refractivity (Wildman–Crippen MR) is 51.6 cm³/mol. The molecule has 1 N–H and O–H groups in total. The molecule has 1 amide bonds. The van der Waals surface area contributed by atoms with Gasteiger partial charge in [0.15, 0.2) is 11.5 Å². The van der Waals surface area contributed by atoms with Crippen molar-refractivity contribution >= 4 is 11.6 Å². The van der Waals surface area contributed by atoms with Crippen LogP contribution in [0.4, 0.5) is 5.69 Å². The summed E-state index contributed by atoms with van der Waals surface area (Å²) in [5.74, 6) is 1.36. The predicted octanol–water partition coefficient (Wildman–Crippen LogP) is 1.68. The second-order valence-electron chi connectivity index (χ2n) is 3.21. The zero-order chi connectivity index (χ0) is 10.1. The normalized spacial score (nSPS) is 12.7. The number of ether oxygens (including phenoxy) is 2. The Hall–Kier alpha value is -1.71. The van der Waals surface area contributed by atoms with Crippen LogP contribution >= 0.6 is 0 Å². The molecule has 0 radical (unpaired) electrons. The second kappa shape index (κ2) is 3.21. The van der Waals surface area contributed by atoms with E-state index < -0.39 is 0 Å². The summed E-state index contributed by atoms with van der Waals surface area (Å²) in [7, 11) is 0. The SMILES string of the molecule is CC(=O)Nc1cc(C)c2c(c1)OCO2. The number of nitrogens with one attached hydrogen (secondary N) is 1. The number of benzene rings is 1. The van der Waals surface area contributed by atoms with Crippen LogP contribution in [0, 0.1) is 6.92 Å². The van der Waals surface area contributed by atoms with Crippen molar-refractivity contribution in [3.05, 3.63) is 17.7 Å². The van der Waals surface area contributed by atoms with Crippen LogP contribution < -0.4 is 14.8 Å². The third kappa shape index (κ3) is 1.51. The Morgan fingerprint density at radius 1 is 1.43 bits per heavy atom. The zero-order valence-corrected chi connectivity index (χ0v) is 8.09. The van der Waals surface area contributed by atoms with Gasteiger partial charge < -0.3 is 14.8 Å². The third-order valence-corrected chi connectivity index (χ3v) is 1.98. The number of fused-ring (bicyclic) bond motifs is 1. The summed E-state index contributed by atoms with van der Waals surface area (Å²) in [5, 5.41) is 2.70. The number of aryl methyl sites for hydroxylation is 1. The van der Waals surface area contributed by atoms with Gasteiger partial charge in [-0.25, -0.2) is 0 Å². The number of carbonyl (C=O) groups excluding carboxylic acids is 1. The number of anilines is 1. The fourth-order valence-electron chi connectivity index (χ4n) is 1.46. The lowest BCUT2D eigenvalue weighted by Crippen LogP contribution is -2.05. The minimum atomic E-state index is -0.0942. The monoisotopic (exact) mass is 193 g/mol. The van der Waals surface area contributed by atoms with E-state index >= 15 is 0 Å². The maximum atomic E-state index is 10.8. The van der Waals surface area contributed by atoms with E-state index in [0.29, 0.717) is 5.75 Å². The molecule has 1 aromatic carbocycles. The first kappa shape index (κ1) is 8.87. The molecule has 0 aromatic heterocycles. The third-order valence-electron chi connectivity index (χ3n) is 1.98. The quantitative estimate of drug-likeness (QED) is 0.738. The number of rotatable bonds is 1. The van der Waals surface area contributed by atoms with Gasteiger partial charge in [0.25, 0.3) is 0 Å². The Kier molecular flexibility index (Phi) is 2.04. The summed E-state index contributed by atoms with van der Waals surface area (Å²) in [6.45, 7) is 3.64. The Morgan fingerprint density at radius 2 is 2.21 bits per heavy atom. The topological polar surface area (TPSA) is 47.6 Å². The maximum absolute atomic E-state index is 10.8. The molecule has 0 saturated heterocycles. The van der Waals surface area contributed by atoms with Crippen LogP contribution in [-0.2, 0) is 4.79 Å². The van der Waals surface area contributed by atoms with Gasteiger partial charge in [0.2, 0.25) is 12.7 Å². The van der Waals surface area contributed by atoms with Crippen LogP contribution in [0.1, 0.15) is 12.5 Å². The van der Waals surface area contributed by atoms with Crippen LogP contribution in [-0.4, -0.2) is 12.7 Å². The number of hydrogen-bond donors (Lipinski definition) is 1. The van der Waals surface area contributed by atoms with E-state index in [-0.39, 0.29) is 12.7 Å². The van der Waals surface area contributed by atoms with E-state index in [0.717, 1.165) is 17.0 Å². The van der Waals surface area contributed by atoms with Gasteiger partial charge in [0.05, 0.1) is 0 Å². The number of hydrogen-bond acceptors (Lipinski definition) is 3. The van der Waals surface area contributed by atoms with Crippen LogP contribution in [0.5, 0.6) is 11.5 Å². The lowest BCUT2D eigenvalue weighted by atomic mass is 10.2.